The molecule has 0 aliphatic rings. The Kier molecular flexibility index (Phi) is 4.33. The van der Waals surface area contributed by atoms with Crippen LogP contribution in [0.15, 0.2) is 41.5 Å². The molecule has 156 valence electrons. The summed E-state index contributed by atoms with van der Waals surface area (Å²) in [5.41, 5.74) is 7.93. The zero-order chi connectivity index (χ0) is 21.9. The van der Waals surface area contributed by atoms with Crippen molar-refractivity contribution >= 4 is 50.0 Å². The van der Waals surface area contributed by atoms with Gasteiger partial charge in [-0.25, -0.2) is 4.39 Å². The van der Waals surface area contributed by atoms with Crippen LogP contribution in [0.3, 0.4) is 0 Å². The third-order valence-corrected chi connectivity index (χ3v) is 5.51. The summed E-state index contributed by atoms with van der Waals surface area (Å²) in [6.45, 7) is 3.81. The molecular formula is C22H17ClFN5O2. The van der Waals surface area contributed by atoms with Gasteiger partial charge in [-0.15, -0.1) is 0 Å². The predicted molar refractivity (Wildman–Crippen MR) is 120 cm³/mol. The van der Waals surface area contributed by atoms with Crippen LogP contribution < -0.4 is 16.0 Å². The third kappa shape index (κ3) is 2.90. The third-order valence-electron chi connectivity index (χ3n) is 5.14. The molecule has 0 saturated carbocycles. The summed E-state index contributed by atoms with van der Waals surface area (Å²) in [7, 11) is 0. The van der Waals surface area contributed by atoms with Gasteiger partial charge < -0.3 is 15.5 Å². The van der Waals surface area contributed by atoms with Crippen LogP contribution in [0, 0.1) is 5.82 Å². The Bertz CT molecular complexity index is 1560. The van der Waals surface area contributed by atoms with Crippen molar-refractivity contribution in [2.24, 2.45) is 0 Å². The van der Waals surface area contributed by atoms with E-state index in [0.717, 1.165) is 0 Å². The first-order valence-electron chi connectivity index (χ1n) is 9.58. The molecule has 0 amide bonds. The average Bonchev–Trinajstić information content (AvgIpc) is 3.23. The smallest absolute Gasteiger partial charge is 0.272 e. The first-order valence-corrected chi connectivity index (χ1v) is 9.96. The molecule has 0 spiro atoms. The number of anilines is 1. The van der Waals surface area contributed by atoms with Crippen LogP contribution in [-0.2, 0) is 0 Å². The number of nitrogens with zero attached hydrogens (tertiary/aromatic N) is 2. The number of nitrogens with one attached hydrogen (secondary N) is 2. The normalized spacial score (nSPS) is 11.8. The number of nitrogens with two attached hydrogens (primary N) is 1. The van der Waals surface area contributed by atoms with Gasteiger partial charge in [0.2, 0.25) is 0 Å². The van der Waals surface area contributed by atoms with E-state index in [1.165, 1.54) is 12.3 Å². The van der Waals surface area contributed by atoms with E-state index < -0.39 is 11.4 Å². The highest BCUT2D eigenvalue weighted by Gasteiger charge is 2.22. The molecule has 0 unspecified atom stereocenters. The maximum Gasteiger partial charge on any atom is 0.272 e. The van der Waals surface area contributed by atoms with Crippen molar-refractivity contribution in [3.05, 3.63) is 57.9 Å². The summed E-state index contributed by atoms with van der Waals surface area (Å²) < 4.78 is 20.7. The minimum absolute atomic E-state index is 0.0459. The number of nitrogen functional groups attached to an aromatic ring is 1. The molecule has 31 heavy (non-hydrogen) atoms. The van der Waals surface area contributed by atoms with Gasteiger partial charge in [-0.05, 0) is 43.7 Å². The maximum atomic E-state index is 14.7. The van der Waals surface area contributed by atoms with Crippen molar-refractivity contribution in [2.75, 3.05) is 5.73 Å². The maximum absolute atomic E-state index is 14.7. The highest BCUT2D eigenvalue weighted by Crippen LogP contribution is 2.42. The lowest BCUT2D eigenvalue weighted by Crippen LogP contribution is -2.14. The van der Waals surface area contributed by atoms with Crippen molar-refractivity contribution < 1.29 is 9.13 Å². The van der Waals surface area contributed by atoms with Gasteiger partial charge in [0.05, 0.1) is 23.3 Å². The highest BCUT2D eigenvalue weighted by molar-refractivity contribution is 6.36. The zero-order valence-corrected chi connectivity index (χ0v) is 17.3. The lowest BCUT2D eigenvalue weighted by molar-refractivity contribution is 0.245. The number of H-pyrrole nitrogens is 2. The van der Waals surface area contributed by atoms with Gasteiger partial charge in [-0.2, -0.15) is 5.10 Å². The van der Waals surface area contributed by atoms with Gasteiger partial charge in [0, 0.05) is 27.9 Å². The van der Waals surface area contributed by atoms with E-state index in [1.807, 2.05) is 19.9 Å². The van der Waals surface area contributed by atoms with E-state index in [1.54, 1.807) is 18.3 Å². The fourth-order valence-corrected chi connectivity index (χ4v) is 4.08. The number of ether oxygens (including phenoxy) is 1. The molecular weight excluding hydrogens is 421 g/mol. The number of benzene rings is 2. The average molecular weight is 438 g/mol. The molecule has 0 aliphatic carbocycles. The number of hydrogen-bond donors (Lipinski definition) is 3. The minimum Gasteiger partial charge on any atom is -0.489 e. The van der Waals surface area contributed by atoms with Crippen LogP contribution in [0.1, 0.15) is 13.8 Å². The molecule has 2 aromatic carbocycles. The van der Waals surface area contributed by atoms with Crippen molar-refractivity contribution in [3.8, 4) is 16.9 Å². The summed E-state index contributed by atoms with van der Waals surface area (Å²) >= 11 is 6.10. The standard InChI is InChI=1S/C22H17ClFN5O2/c1-9(2)31-15-7-12-16(11-6-14(24)17(23)21-13(11)8-27-29-21)18(25)22(30)28-19(12)10-4-3-5-26-20(10)15/h3-9H,25H2,1-2H3,(H,27,29)(H,28,30). The molecule has 5 rings (SSSR count). The molecule has 3 heterocycles. The molecule has 5 aromatic rings. The summed E-state index contributed by atoms with van der Waals surface area (Å²) in [4.78, 5) is 20.1. The second-order valence-electron chi connectivity index (χ2n) is 7.48. The molecule has 7 nitrogen and oxygen atoms in total. The topological polar surface area (TPSA) is 110 Å². The fraction of sp³-hybridized carbons (Fsp3) is 0.136. The molecule has 0 saturated heterocycles. The lowest BCUT2D eigenvalue weighted by Gasteiger charge is -2.17. The largest absolute Gasteiger partial charge is 0.489 e. The Morgan fingerprint density at radius 2 is 2.00 bits per heavy atom. The quantitative estimate of drug-likeness (QED) is 0.352. The molecule has 0 radical (unpaired) electrons. The second-order valence-corrected chi connectivity index (χ2v) is 7.86. The molecule has 9 heteroatoms. The number of aromatic amines is 2. The molecule has 0 atom stereocenters. The summed E-state index contributed by atoms with van der Waals surface area (Å²) in [5.74, 6) is -0.119. The van der Waals surface area contributed by atoms with Gasteiger partial charge in [-0.3, -0.25) is 14.9 Å². The van der Waals surface area contributed by atoms with Gasteiger partial charge in [0.1, 0.15) is 27.8 Å². The lowest BCUT2D eigenvalue weighted by atomic mass is 9.95. The van der Waals surface area contributed by atoms with E-state index in [-0.39, 0.29) is 16.8 Å². The highest BCUT2D eigenvalue weighted by atomic mass is 35.5. The summed E-state index contributed by atoms with van der Waals surface area (Å²) in [6, 6.07) is 6.64. The zero-order valence-electron chi connectivity index (χ0n) is 16.6. The Hall–Kier alpha value is -3.65. The molecule has 3 aromatic heterocycles. The predicted octanol–water partition coefficient (Wildman–Crippen LogP) is 4.78. The first-order chi connectivity index (χ1) is 14.9. The van der Waals surface area contributed by atoms with Gasteiger partial charge >= 0.3 is 0 Å². The molecule has 0 fully saturated rings. The van der Waals surface area contributed by atoms with Crippen molar-refractivity contribution in [2.45, 2.75) is 20.0 Å². The van der Waals surface area contributed by atoms with E-state index in [4.69, 9.17) is 22.1 Å². The van der Waals surface area contributed by atoms with E-state index in [0.29, 0.717) is 49.6 Å². The van der Waals surface area contributed by atoms with Crippen molar-refractivity contribution in [1.29, 1.82) is 0 Å². The Labute approximate surface area is 180 Å². The number of aromatic nitrogens is 4. The number of halogens is 2. The summed E-state index contributed by atoms with van der Waals surface area (Å²) in [5, 5.41) is 8.44. The first kappa shape index (κ1) is 19.3. The Morgan fingerprint density at radius 1 is 1.19 bits per heavy atom. The summed E-state index contributed by atoms with van der Waals surface area (Å²) in [6.07, 6.45) is 3.07. The monoisotopic (exact) mass is 437 g/mol. The molecule has 0 bridgehead atoms. The second kappa shape index (κ2) is 6.95. The fourth-order valence-electron chi connectivity index (χ4n) is 3.88. The van der Waals surface area contributed by atoms with Crippen LogP contribution in [0.5, 0.6) is 5.75 Å². The number of pyridine rings is 2. The minimum atomic E-state index is -0.651. The number of fused-ring (bicyclic) bond motifs is 4. The number of rotatable bonds is 3. The number of hydrogen-bond acceptors (Lipinski definition) is 5. The van der Waals surface area contributed by atoms with Crippen molar-refractivity contribution in [1.82, 2.24) is 20.2 Å². The molecule has 0 aliphatic heterocycles. The molecule has 4 N–H and O–H groups in total. The van der Waals surface area contributed by atoms with Gasteiger partial charge in [0.15, 0.2) is 0 Å². The van der Waals surface area contributed by atoms with Crippen LogP contribution >= 0.6 is 11.6 Å². The van der Waals surface area contributed by atoms with Crippen molar-refractivity contribution in [3.63, 3.8) is 0 Å². The van der Waals surface area contributed by atoms with E-state index in [9.17, 15) is 9.18 Å². The van der Waals surface area contributed by atoms with Gasteiger partial charge in [0.25, 0.3) is 5.56 Å². The van der Waals surface area contributed by atoms with Gasteiger partial charge in [-0.1, -0.05) is 11.6 Å². The van der Waals surface area contributed by atoms with Crippen LogP contribution in [-0.4, -0.2) is 26.3 Å². The van der Waals surface area contributed by atoms with E-state index >= 15 is 0 Å². The van der Waals surface area contributed by atoms with Crippen LogP contribution in [0.25, 0.3) is 43.8 Å². The Morgan fingerprint density at radius 3 is 2.77 bits per heavy atom. The van der Waals surface area contributed by atoms with E-state index in [2.05, 4.69) is 20.2 Å². The SMILES string of the molecule is CC(C)Oc1cc2c(-c3cc(F)c(Cl)c4[nH]ncc34)c(N)c(=O)[nH]c2c2cccnc12. The Balaban J connectivity index is 2.00. The van der Waals surface area contributed by atoms with Crippen LogP contribution in [0.4, 0.5) is 10.1 Å². The van der Waals surface area contributed by atoms with Crippen LogP contribution in [0.2, 0.25) is 5.02 Å².